The molecule has 0 amide bonds. The van der Waals surface area contributed by atoms with E-state index in [0.717, 1.165) is 52.2 Å². The average Bonchev–Trinajstić information content (AvgIpc) is 3.55. The van der Waals surface area contributed by atoms with Gasteiger partial charge in [0.1, 0.15) is 17.2 Å². The van der Waals surface area contributed by atoms with Gasteiger partial charge in [0.05, 0.1) is 26.9 Å². The number of fused-ring (bicyclic) bond motifs is 3. The molecule has 0 saturated carbocycles. The van der Waals surface area contributed by atoms with Crippen molar-refractivity contribution in [2.24, 2.45) is 0 Å². The molecule has 39 heavy (non-hydrogen) atoms. The SMILES string of the molecule is COC(=O)c1cc2ccc(N3CCCC3)cc2c2c1C=CC(c1ccc(OC)cc1)(c1ccc(OC)cc1)O2. The summed E-state index contributed by atoms with van der Waals surface area (Å²) < 4.78 is 23.1. The number of rotatable bonds is 6. The van der Waals surface area contributed by atoms with E-state index < -0.39 is 11.6 Å². The second kappa shape index (κ2) is 10.0. The Morgan fingerprint density at radius 2 is 1.44 bits per heavy atom. The van der Waals surface area contributed by atoms with Gasteiger partial charge < -0.3 is 23.8 Å². The van der Waals surface area contributed by atoms with E-state index in [9.17, 15) is 4.79 Å². The molecule has 4 aromatic carbocycles. The smallest absolute Gasteiger partial charge is 0.338 e. The molecule has 1 fully saturated rings. The standard InChI is InChI=1S/C33H31NO5/c1-36-26-12-7-23(8-13-26)33(24-9-14-27(37-2)15-10-24)17-16-28-30(32(35)38-3)20-22-6-11-25(34-18-4-5-19-34)21-29(22)31(28)39-33/h6-17,20-21H,4-5,18-19H2,1-3H3. The molecule has 4 aromatic rings. The van der Waals surface area contributed by atoms with Gasteiger partial charge in [-0.1, -0.05) is 30.3 Å². The van der Waals surface area contributed by atoms with Crippen LogP contribution in [-0.4, -0.2) is 40.4 Å². The minimum atomic E-state index is -0.948. The summed E-state index contributed by atoms with van der Waals surface area (Å²) in [7, 11) is 4.71. The van der Waals surface area contributed by atoms with Crippen LogP contribution in [0.3, 0.4) is 0 Å². The molecule has 1 saturated heterocycles. The van der Waals surface area contributed by atoms with E-state index in [1.54, 1.807) is 14.2 Å². The van der Waals surface area contributed by atoms with Crippen LogP contribution in [0.4, 0.5) is 5.69 Å². The van der Waals surface area contributed by atoms with Gasteiger partial charge in [-0.2, -0.15) is 0 Å². The molecule has 0 atom stereocenters. The van der Waals surface area contributed by atoms with Crippen molar-refractivity contribution in [2.45, 2.75) is 18.4 Å². The third-order valence-electron chi connectivity index (χ3n) is 7.78. The summed E-state index contributed by atoms with van der Waals surface area (Å²) in [6, 6.07) is 24.1. The van der Waals surface area contributed by atoms with Crippen LogP contribution in [0, 0.1) is 0 Å². The fourth-order valence-electron chi connectivity index (χ4n) is 5.64. The number of esters is 1. The first-order valence-corrected chi connectivity index (χ1v) is 13.2. The lowest BCUT2D eigenvalue weighted by Gasteiger charge is -2.37. The number of hydrogen-bond acceptors (Lipinski definition) is 6. The molecule has 0 aliphatic carbocycles. The second-order valence-electron chi connectivity index (χ2n) is 9.89. The maximum absolute atomic E-state index is 12.9. The lowest BCUT2D eigenvalue weighted by Crippen LogP contribution is -2.34. The van der Waals surface area contributed by atoms with Crippen molar-refractivity contribution < 1.29 is 23.7 Å². The quantitative estimate of drug-likeness (QED) is 0.267. The van der Waals surface area contributed by atoms with E-state index in [4.69, 9.17) is 18.9 Å². The molecule has 2 aliphatic heterocycles. The van der Waals surface area contributed by atoms with Crippen molar-refractivity contribution in [1.82, 2.24) is 0 Å². The fourth-order valence-corrected chi connectivity index (χ4v) is 5.64. The predicted octanol–water partition coefficient (Wildman–Crippen LogP) is 6.59. The minimum Gasteiger partial charge on any atom is -0.497 e. The summed E-state index contributed by atoms with van der Waals surface area (Å²) in [5.41, 5.74) is 3.27. The van der Waals surface area contributed by atoms with E-state index >= 15 is 0 Å². The van der Waals surface area contributed by atoms with Crippen LogP contribution < -0.4 is 19.1 Å². The molecule has 0 spiro atoms. The Kier molecular flexibility index (Phi) is 6.39. The van der Waals surface area contributed by atoms with Crippen molar-refractivity contribution in [3.05, 3.63) is 101 Å². The highest BCUT2D eigenvalue weighted by atomic mass is 16.5. The highest BCUT2D eigenvalue weighted by molar-refractivity contribution is 6.04. The van der Waals surface area contributed by atoms with Gasteiger partial charge >= 0.3 is 5.97 Å². The number of benzene rings is 4. The molecule has 0 N–H and O–H groups in total. The van der Waals surface area contributed by atoms with E-state index in [2.05, 4.69) is 23.1 Å². The number of nitrogens with zero attached hydrogens (tertiary/aromatic N) is 1. The number of ether oxygens (including phenoxy) is 4. The zero-order chi connectivity index (χ0) is 27.0. The van der Waals surface area contributed by atoms with Crippen LogP contribution in [0.1, 0.15) is 39.9 Å². The Morgan fingerprint density at radius 1 is 0.821 bits per heavy atom. The van der Waals surface area contributed by atoms with E-state index in [-0.39, 0.29) is 0 Å². The zero-order valence-corrected chi connectivity index (χ0v) is 22.4. The van der Waals surface area contributed by atoms with Crippen molar-refractivity contribution in [3.63, 3.8) is 0 Å². The summed E-state index contributed by atoms with van der Waals surface area (Å²) in [4.78, 5) is 15.3. The molecule has 198 valence electrons. The van der Waals surface area contributed by atoms with Crippen molar-refractivity contribution >= 4 is 28.5 Å². The van der Waals surface area contributed by atoms with Crippen LogP contribution in [0.5, 0.6) is 17.2 Å². The Morgan fingerprint density at radius 3 is 2.00 bits per heavy atom. The summed E-state index contributed by atoms with van der Waals surface area (Å²) in [5, 5.41) is 1.88. The third kappa shape index (κ3) is 4.26. The van der Waals surface area contributed by atoms with Crippen LogP contribution >= 0.6 is 0 Å². The first-order valence-electron chi connectivity index (χ1n) is 13.2. The average molecular weight is 522 g/mol. The minimum absolute atomic E-state index is 0.397. The second-order valence-corrected chi connectivity index (χ2v) is 9.89. The van der Waals surface area contributed by atoms with E-state index in [1.165, 1.54) is 20.0 Å². The first kappa shape index (κ1) is 24.9. The number of carbonyl (C=O) groups excluding carboxylic acids is 1. The van der Waals surface area contributed by atoms with Crippen molar-refractivity contribution in [3.8, 4) is 17.2 Å². The molecular formula is C33H31NO5. The van der Waals surface area contributed by atoms with Gasteiger partial charge in [-0.3, -0.25) is 0 Å². The van der Waals surface area contributed by atoms with E-state index in [1.807, 2.05) is 66.7 Å². The molecule has 6 rings (SSSR count). The maximum atomic E-state index is 12.9. The van der Waals surface area contributed by atoms with Gasteiger partial charge in [0.15, 0.2) is 5.60 Å². The van der Waals surface area contributed by atoms with Gasteiger partial charge in [0.2, 0.25) is 0 Å². The molecule has 2 aliphatic rings. The third-order valence-corrected chi connectivity index (χ3v) is 7.78. The molecule has 0 radical (unpaired) electrons. The summed E-state index contributed by atoms with van der Waals surface area (Å²) in [5.74, 6) is 1.78. The molecule has 2 heterocycles. The summed E-state index contributed by atoms with van der Waals surface area (Å²) in [6.07, 6.45) is 6.38. The Bertz CT molecular complexity index is 1500. The zero-order valence-electron chi connectivity index (χ0n) is 22.4. The number of anilines is 1. The molecular weight excluding hydrogens is 490 g/mol. The van der Waals surface area contributed by atoms with Crippen molar-refractivity contribution in [2.75, 3.05) is 39.3 Å². The Balaban J connectivity index is 1.59. The summed E-state index contributed by atoms with van der Waals surface area (Å²) in [6.45, 7) is 2.08. The highest BCUT2D eigenvalue weighted by Crippen LogP contribution is 2.47. The normalized spacial score (nSPS) is 15.5. The van der Waals surface area contributed by atoms with Gasteiger partial charge in [0.25, 0.3) is 0 Å². The lowest BCUT2D eigenvalue weighted by molar-refractivity contribution is 0.0599. The van der Waals surface area contributed by atoms with Gasteiger partial charge in [-0.05, 0) is 72.8 Å². The largest absolute Gasteiger partial charge is 0.497 e. The van der Waals surface area contributed by atoms with Crippen LogP contribution in [0.25, 0.3) is 16.8 Å². The topological polar surface area (TPSA) is 57.2 Å². The monoisotopic (exact) mass is 521 g/mol. The summed E-state index contributed by atoms with van der Waals surface area (Å²) >= 11 is 0. The molecule has 0 aromatic heterocycles. The van der Waals surface area contributed by atoms with E-state index in [0.29, 0.717) is 16.9 Å². The molecule has 0 unspecified atom stereocenters. The molecule has 6 nitrogen and oxygen atoms in total. The lowest BCUT2D eigenvalue weighted by atomic mass is 9.82. The van der Waals surface area contributed by atoms with Crippen LogP contribution in [0.2, 0.25) is 0 Å². The Labute approximate surface area is 228 Å². The van der Waals surface area contributed by atoms with Gasteiger partial charge in [0, 0.05) is 40.9 Å². The van der Waals surface area contributed by atoms with Gasteiger partial charge in [-0.25, -0.2) is 4.79 Å². The number of methoxy groups -OCH3 is 3. The Hall–Kier alpha value is -4.45. The fraction of sp³-hybridized carbons (Fsp3) is 0.242. The van der Waals surface area contributed by atoms with Crippen molar-refractivity contribution in [1.29, 1.82) is 0 Å². The molecule has 6 heteroatoms. The number of carbonyl (C=O) groups is 1. The highest BCUT2D eigenvalue weighted by Gasteiger charge is 2.39. The van der Waals surface area contributed by atoms with Crippen LogP contribution in [0.15, 0.2) is 78.9 Å². The first-order chi connectivity index (χ1) is 19.1. The predicted molar refractivity (Wildman–Crippen MR) is 153 cm³/mol. The molecule has 0 bridgehead atoms. The number of hydrogen-bond donors (Lipinski definition) is 0. The maximum Gasteiger partial charge on any atom is 0.338 e. The van der Waals surface area contributed by atoms with Crippen LogP contribution in [-0.2, 0) is 10.3 Å². The van der Waals surface area contributed by atoms with Gasteiger partial charge in [-0.15, -0.1) is 0 Å².